The van der Waals surface area contributed by atoms with Gasteiger partial charge in [-0.2, -0.15) is 0 Å². The second-order valence-corrected chi connectivity index (χ2v) is 3.29. The fourth-order valence-electron chi connectivity index (χ4n) is 1.16. The molecule has 0 spiro atoms. The van der Waals surface area contributed by atoms with Crippen LogP contribution in [0.2, 0.25) is 0 Å². The summed E-state index contributed by atoms with van der Waals surface area (Å²) in [7, 11) is 0. The maximum absolute atomic E-state index is 11.6. The zero-order valence-corrected chi connectivity index (χ0v) is 9.76. The lowest BCUT2D eigenvalue weighted by atomic mass is 10.1. The van der Waals surface area contributed by atoms with Crippen LogP contribution < -0.4 is 5.48 Å². The van der Waals surface area contributed by atoms with Gasteiger partial charge in [-0.15, -0.1) is 11.6 Å². The van der Waals surface area contributed by atoms with E-state index < -0.39 is 11.8 Å². The second-order valence-electron chi connectivity index (χ2n) is 3.03. The third kappa shape index (κ3) is 2.76. The van der Waals surface area contributed by atoms with Gasteiger partial charge in [-0.3, -0.25) is 4.79 Å². The summed E-state index contributed by atoms with van der Waals surface area (Å²) in [5, 5.41) is 0. The van der Waals surface area contributed by atoms with Gasteiger partial charge in [0, 0.05) is 6.08 Å². The maximum atomic E-state index is 11.6. The van der Waals surface area contributed by atoms with Crippen LogP contribution in [-0.2, 0) is 19.2 Å². The molecule has 0 saturated carbocycles. The number of carbonyl (C=O) groups is 2. The fraction of sp³-hybridized carbons (Fsp3) is 0.400. The highest BCUT2D eigenvalue weighted by atomic mass is 35.5. The fourth-order valence-corrected chi connectivity index (χ4v) is 1.30. The molecule has 1 aliphatic rings. The zero-order chi connectivity index (χ0) is 12.1. The number of esters is 1. The van der Waals surface area contributed by atoms with Crippen molar-refractivity contribution in [1.29, 1.82) is 0 Å². The minimum atomic E-state index is -0.704. The summed E-state index contributed by atoms with van der Waals surface area (Å²) < 4.78 is 4.77. The number of alkyl halides is 1. The first-order valence-electron chi connectivity index (χ1n) is 4.71. The number of hydrogen-bond acceptors (Lipinski definition) is 5. The number of Topliss-reactive ketones (excluding diaryl/α,β-unsaturated/α-hetero) is 1. The summed E-state index contributed by atoms with van der Waals surface area (Å²) in [6.45, 7) is 3.54. The van der Waals surface area contributed by atoms with Gasteiger partial charge in [-0.1, -0.05) is 0 Å². The molecule has 0 radical (unpaired) electrons. The summed E-state index contributed by atoms with van der Waals surface area (Å²) >= 11 is 5.43. The number of allylic oxidation sites excluding steroid dienone is 2. The number of hydrogen-bond donors (Lipinski definition) is 1. The third-order valence-corrected chi connectivity index (χ3v) is 2.06. The van der Waals surface area contributed by atoms with Crippen molar-refractivity contribution in [2.24, 2.45) is 0 Å². The molecule has 1 heterocycles. The number of ether oxygens (including phenoxy) is 1. The Morgan fingerprint density at radius 2 is 2.25 bits per heavy atom. The highest BCUT2D eigenvalue weighted by Gasteiger charge is 2.25. The van der Waals surface area contributed by atoms with Crippen LogP contribution in [0.3, 0.4) is 0 Å². The van der Waals surface area contributed by atoms with Crippen LogP contribution in [0, 0.1) is 0 Å². The van der Waals surface area contributed by atoms with Crippen molar-refractivity contribution in [2.75, 3.05) is 12.5 Å². The largest absolute Gasteiger partial charge is 0.462 e. The predicted octanol–water partition coefficient (Wildman–Crippen LogP) is 1.05. The molecule has 5 nitrogen and oxygen atoms in total. The number of carbonyl (C=O) groups excluding carboxylic acids is 2. The number of hydroxylamine groups is 1. The maximum Gasteiger partial charge on any atom is 0.344 e. The molecule has 16 heavy (non-hydrogen) atoms. The number of ketones is 1. The van der Waals surface area contributed by atoms with Crippen molar-refractivity contribution < 1.29 is 19.2 Å². The number of rotatable bonds is 4. The Hall–Kier alpha value is -1.49. The Balaban J connectivity index is 3.05. The lowest BCUT2D eigenvalue weighted by Gasteiger charge is -2.07. The average Bonchev–Trinajstić information content (AvgIpc) is 2.65. The van der Waals surface area contributed by atoms with Crippen molar-refractivity contribution in [3.8, 4) is 0 Å². The van der Waals surface area contributed by atoms with E-state index >= 15 is 0 Å². The summed E-state index contributed by atoms with van der Waals surface area (Å²) in [4.78, 5) is 28.0. The van der Waals surface area contributed by atoms with Crippen molar-refractivity contribution in [1.82, 2.24) is 5.48 Å². The minimum Gasteiger partial charge on any atom is -0.462 e. The predicted molar refractivity (Wildman–Crippen MR) is 57.4 cm³/mol. The van der Waals surface area contributed by atoms with E-state index in [1.807, 2.05) is 0 Å². The zero-order valence-electron chi connectivity index (χ0n) is 9.00. The Morgan fingerprint density at radius 3 is 2.69 bits per heavy atom. The van der Waals surface area contributed by atoms with Crippen LogP contribution >= 0.6 is 11.6 Å². The quantitative estimate of drug-likeness (QED) is 0.264. The van der Waals surface area contributed by atoms with E-state index in [1.165, 1.54) is 6.08 Å². The molecule has 88 valence electrons. The SMILES string of the molecule is CCOC(=O)C(C(=O)CCl)=C1C=C(C)ON1. The molecular weight excluding hydrogens is 234 g/mol. The summed E-state index contributed by atoms with van der Waals surface area (Å²) in [6, 6.07) is 0. The first-order valence-corrected chi connectivity index (χ1v) is 5.25. The Morgan fingerprint density at radius 1 is 1.56 bits per heavy atom. The molecule has 0 aromatic rings. The van der Waals surface area contributed by atoms with E-state index in [-0.39, 0.29) is 23.8 Å². The van der Waals surface area contributed by atoms with Gasteiger partial charge in [0.2, 0.25) is 0 Å². The monoisotopic (exact) mass is 245 g/mol. The second kappa shape index (κ2) is 5.55. The van der Waals surface area contributed by atoms with Gasteiger partial charge in [0.15, 0.2) is 5.78 Å². The summed E-state index contributed by atoms with van der Waals surface area (Å²) in [6.07, 6.45) is 1.54. The molecule has 1 aliphatic heterocycles. The van der Waals surface area contributed by atoms with Crippen LogP contribution in [0.15, 0.2) is 23.1 Å². The molecule has 1 rings (SSSR count). The van der Waals surface area contributed by atoms with Crippen LogP contribution in [0.4, 0.5) is 0 Å². The molecule has 0 aromatic heterocycles. The van der Waals surface area contributed by atoms with E-state index in [9.17, 15) is 9.59 Å². The first-order chi connectivity index (χ1) is 7.60. The van der Waals surface area contributed by atoms with Gasteiger partial charge in [0.1, 0.15) is 11.3 Å². The minimum absolute atomic E-state index is 0.117. The Labute approximate surface area is 98.0 Å². The molecule has 0 fully saturated rings. The Kier molecular flexibility index (Phi) is 4.37. The van der Waals surface area contributed by atoms with E-state index in [2.05, 4.69) is 5.48 Å². The molecule has 0 aliphatic carbocycles. The Bertz CT molecular complexity index is 373. The topological polar surface area (TPSA) is 64.6 Å². The van der Waals surface area contributed by atoms with Crippen molar-refractivity contribution in [3.05, 3.63) is 23.1 Å². The molecule has 6 heteroatoms. The van der Waals surface area contributed by atoms with Gasteiger partial charge < -0.3 is 9.57 Å². The van der Waals surface area contributed by atoms with Crippen molar-refractivity contribution in [2.45, 2.75) is 13.8 Å². The van der Waals surface area contributed by atoms with Crippen LogP contribution in [-0.4, -0.2) is 24.2 Å². The van der Waals surface area contributed by atoms with Crippen molar-refractivity contribution in [3.63, 3.8) is 0 Å². The summed E-state index contributed by atoms with van der Waals surface area (Å²) in [5.74, 6) is -0.937. The molecule has 0 aromatic carbocycles. The van der Waals surface area contributed by atoms with Gasteiger partial charge in [-0.05, 0) is 13.8 Å². The van der Waals surface area contributed by atoms with Crippen LogP contribution in [0.25, 0.3) is 0 Å². The van der Waals surface area contributed by atoms with Gasteiger partial charge in [-0.25, -0.2) is 10.3 Å². The molecule has 0 unspecified atom stereocenters. The highest BCUT2D eigenvalue weighted by Crippen LogP contribution is 2.16. The third-order valence-electron chi connectivity index (χ3n) is 1.82. The lowest BCUT2D eigenvalue weighted by molar-refractivity contribution is -0.139. The van der Waals surface area contributed by atoms with E-state index in [1.54, 1.807) is 13.8 Å². The molecule has 0 atom stereocenters. The first kappa shape index (κ1) is 12.6. The van der Waals surface area contributed by atoms with E-state index in [0.29, 0.717) is 5.76 Å². The van der Waals surface area contributed by atoms with Gasteiger partial charge in [0.05, 0.1) is 18.2 Å². The van der Waals surface area contributed by atoms with Crippen molar-refractivity contribution >= 4 is 23.4 Å². The molecular formula is C10H12ClNO4. The molecule has 0 saturated heterocycles. The summed E-state index contributed by atoms with van der Waals surface area (Å²) in [5.41, 5.74) is 2.63. The van der Waals surface area contributed by atoms with Gasteiger partial charge in [0.25, 0.3) is 0 Å². The lowest BCUT2D eigenvalue weighted by Crippen LogP contribution is -2.22. The molecule has 1 N–H and O–H groups in total. The van der Waals surface area contributed by atoms with Crippen LogP contribution in [0.5, 0.6) is 0 Å². The molecule has 0 bridgehead atoms. The highest BCUT2D eigenvalue weighted by molar-refractivity contribution is 6.34. The normalized spacial score (nSPS) is 17.1. The number of halogens is 1. The smallest absolute Gasteiger partial charge is 0.344 e. The van der Waals surface area contributed by atoms with Gasteiger partial charge >= 0.3 is 5.97 Å². The standard InChI is InChI=1S/C10H12ClNO4/c1-3-15-10(14)9(8(13)5-11)7-4-6(2)16-12-7/h4,12H,3,5H2,1-2H3. The van der Waals surface area contributed by atoms with E-state index in [0.717, 1.165) is 0 Å². The van der Waals surface area contributed by atoms with E-state index in [4.69, 9.17) is 21.2 Å². The molecule has 0 amide bonds. The number of nitrogens with one attached hydrogen (secondary N) is 1. The van der Waals surface area contributed by atoms with Crippen LogP contribution in [0.1, 0.15) is 13.8 Å². The average molecular weight is 246 g/mol.